The third kappa shape index (κ3) is 11.1. The van der Waals surface area contributed by atoms with E-state index in [4.69, 9.17) is 4.74 Å². The van der Waals surface area contributed by atoms with E-state index in [1.165, 1.54) is 0 Å². The number of rotatable bonds is 10. The highest BCUT2D eigenvalue weighted by Crippen LogP contribution is 2.14. The third-order valence-electron chi connectivity index (χ3n) is 5.60. The van der Waals surface area contributed by atoms with Crippen molar-refractivity contribution in [3.05, 3.63) is 0 Å². The van der Waals surface area contributed by atoms with E-state index in [1.54, 1.807) is 0 Å². The number of carbonyl (C=O) groups is 5. The molecule has 1 aliphatic rings. The summed E-state index contributed by atoms with van der Waals surface area (Å²) in [6.45, 7) is 14.0. The Morgan fingerprint density at radius 3 is 2.31 bits per heavy atom. The lowest BCUT2D eigenvalue weighted by Gasteiger charge is -2.28. The number of amides is 4. The second-order valence-electron chi connectivity index (χ2n) is 10.8. The van der Waals surface area contributed by atoms with Gasteiger partial charge in [-0.1, -0.05) is 54.9 Å². The Balaban J connectivity index is 2.95. The lowest BCUT2D eigenvalue weighted by Crippen LogP contribution is -2.59. The number of Topliss-reactive ketones (excluding diaryl/α,β-unsaturated/α-hetero) is 1. The molecule has 1 rings (SSSR count). The maximum atomic E-state index is 13.2. The second-order valence-corrected chi connectivity index (χ2v) is 10.8. The molecule has 35 heavy (non-hydrogen) atoms. The van der Waals surface area contributed by atoms with Gasteiger partial charge in [-0.3, -0.25) is 24.6 Å². The molecule has 1 heterocycles. The number of hydrogen-bond acceptors (Lipinski definition) is 7. The Hall–Kier alpha value is -2.69. The van der Waals surface area contributed by atoms with Crippen LogP contribution in [-0.4, -0.2) is 60.9 Å². The van der Waals surface area contributed by atoms with E-state index in [1.807, 2.05) is 48.5 Å². The van der Waals surface area contributed by atoms with Crippen LogP contribution in [-0.2, 0) is 23.9 Å². The number of nitrogens with one attached hydrogen (secondary N) is 5. The van der Waals surface area contributed by atoms with Crippen molar-refractivity contribution >= 4 is 29.6 Å². The molecule has 0 radical (unpaired) electrons. The van der Waals surface area contributed by atoms with Gasteiger partial charge in [0.15, 0.2) is 0 Å². The molecule has 1 aliphatic heterocycles. The minimum Gasteiger partial charge on any atom is -0.449 e. The van der Waals surface area contributed by atoms with Crippen molar-refractivity contribution < 1.29 is 28.7 Å². The van der Waals surface area contributed by atoms with Crippen LogP contribution < -0.4 is 26.8 Å². The highest BCUT2D eigenvalue weighted by molar-refractivity contribution is 6.38. The molecular formula is C24H43N5O6. The molecule has 4 atom stereocenters. The molecule has 4 unspecified atom stereocenters. The molecule has 5 N–H and O–H groups in total. The number of ketones is 1. The zero-order valence-electron chi connectivity index (χ0n) is 22.1. The highest BCUT2D eigenvalue weighted by atomic mass is 16.5. The van der Waals surface area contributed by atoms with Crippen molar-refractivity contribution in [2.75, 3.05) is 13.2 Å². The van der Waals surface area contributed by atoms with Crippen LogP contribution in [0, 0.1) is 17.3 Å². The predicted molar refractivity (Wildman–Crippen MR) is 131 cm³/mol. The Morgan fingerprint density at radius 2 is 1.74 bits per heavy atom. The number of hydrogen-bond donors (Lipinski definition) is 5. The molecule has 0 spiro atoms. The first-order valence-electron chi connectivity index (χ1n) is 12.4. The smallest absolute Gasteiger partial charge is 0.407 e. The van der Waals surface area contributed by atoms with Gasteiger partial charge in [0.05, 0.1) is 12.6 Å². The molecule has 11 nitrogen and oxygen atoms in total. The topological polar surface area (TPSA) is 155 Å². The quantitative estimate of drug-likeness (QED) is 0.284. The van der Waals surface area contributed by atoms with Crippen LogP contribution >= 0.6 is 0 Å². The van der Waals surface area contributed by atoms with Gasteiger partial charge in [0, 0.05) is 6.54 Å². The number of carbonyl (C=O) groups excluding carboxylic acids is 5. The van der Waals surface area contributed by atoms with Crippen LogP contribution in [0.25, 0.3) is 0 Å². The van der Waals surface area contributed by atoms with Crippen LogP contribution in [0.5, 0.6) is 0 Å². The third-order valence-corrected chi connectivity index (χ3v) is 5.60. The lowest BCUT2D eigenvalue weighted by atomic mass is 9.96. The molecule has 0 aromatic rings. The van der Waals surface area contributed by atoms with Crippen molar-refractivity contribution in [3.8, 4) is 0 Å². The van der Waals surface area contributed by atoms with E-state index in [2.05, 4.69) is 26.8 Å². The summed E-state index contributed by atoms with van der Waals surface area (Å²) < 4.78 is 5.25. The van der Waals surface area contributed by atoms with Crippen molar-refractivity contribution in [3.63, 3.8) is 0 Å². The van der Waals surface area contributed by atoms with Crippen molar-refractivity contribution in [2.45, 2.75) is 92.3 Å². The summed E-state index contributed by atoms with van der Waals surface area (Å²) in [7, 11) is 0. The predicted octanol–water partition coefficient (Wildman–Crippen LogP) is 1.17. The average molecular weight is 498 g/mol. The van der Waals surface area contributed by atoms with Gasteiger partial charge in [-0.25, -0.2) is 10.2 Å². The monoisotopic (exact) mass is 497 g/mol. The number of ether oxygens (including phenoxy) is 1. The van der Waals surface area contributed by atoms with Gasteiger partial charge < -0.3 is 20.7 Å². The molecule has 0 aromatic carbocycles. The normalized spacial score (nSPS) is 19.5. The maximum Gasteiger partial charge on any atom is 0.407 e. The van der Waals surface area contributed by atoms with Crippen LogP contribution in [0.15, 0.2) is 0 Å². The van der Waals surface area contributed by atoms with Gasteiger partial charge in [0.2, 0.25) is 17.6 Å². The van der Waals surface area contributed by atoms with Gasteiger partial charge in [-0.2, -0.15) is 0 Å². The molecule has 1 fully saturated rings. The lowest BCUT2D eigenvalue weighted by molar-refractivity contribution is -0.141. The summed E-state index contributed by atoms with van der Waals surface area (Å²) in [5.74, 6) is -2.81. The van der Waals surface area contributed by atoms with E-state index in [-0.39, 0.29) is 23.9 Å². The minimum atomic E-state index is -0.980. The van der Waals surface area contributed by atoms with Crippen LogP contribution in [0.4, 0.5) is 4.79 Å². The van der Waals surface area contributed by atoms with Crippen LogP contribution in [0.2, 0.25) is 0 Å². The highest BCUT2D eigenvalue weighted by Gasteiger charge is 2.34. The number of hydrazine groups is 1. The Kier molecular flexibility index (Phi) is 12.1. The van der Waals surface area contributed by atoms with Gasteiger partial charge in [0.1, 0.15) is 12.1 Å². The molecule has 0 aliphatic carbocycles. The van der Waals surface area contributed by atoms with E-state index in [9.17, 15) is 24.0 Å². The first-order chi connectivity index (χ1) is 16.2. The number of alkyl carbamates (subject to hydrolysis) is 1. The first-order valence-corrected chi connectivity index (χ1v) is 12.4. The Morgan fingerprint density at radius 1 is 1.09 bits per heavy atom. The molecule has 1 saturated heterocycles. The molecule has 11 heteroatoms. The first kappa shape index (κ1) is 30.3. The summed E-state index contributed by atoms with van der Waals surface area (Å²) in [5, 5.41) is 8.00. The van der Waals surface area contributed by atoms with E-state index in [0.29, 0.717) is 32.2 Å². The second kappa shape index (κ2) is 14.0. The Bertz CT molecular complexity index is 764. The minimum absolute atomic E-state index is 0.0540. The molecule has 0 saturated carbocycles. The standard InChI is InChI=1S/C24H43N5O6/c1-8-15(4)18(28-23(34)35-13-24(5,6)7)21(32)27-17(12-14(2)3)20(31)26-16-10-9-11-25-29-22(33)19(16)30/h14-18,25H,8-13H2,1-7H3,(H,26,31)(H,27,32)(H,28,34)(H,29,33). The summed E-state index contributed by atoms with van der Waals surface area (Å²) in [5.41, 5.74) is 4.70. The molecule has 4 amide bonds. The summed E-state index contributed by atoms with van der Waals surface area (Å²) in [6.07, 6.45) is 1.08. The van der Waals surface area contributed by atoms with Crippen LogP contribution in [0.1, 0.15) is 74.1 Å². The van der Waals surface area contributed by atoms with Crippen molar-refractivity contribution in [2.24, 2.45) is 17.3 Å². The molecule has 0 bridgehead atoms. The van der Waals surface area contributed by atoms with Gasteiger partial charge in [-0.15, -0.1) is 0 Å². The fourth-order valence-corrected chi connectivity index (χ4v) is 3.42. The summed E-state index contributed by atoms with van der Waals surface area (Å²) in [6, 6.07) is -2.83. The van der Waals surface area contributed by atoms with Gasteiger partial charge in [0.25, 0.3) is 0 Å². The fraction of sp³-hybridized carbons (Fsp3) is 0.792. The molecule has 200 valence electrons. The molecule has 0 aromatic heterocycles. The van der Waals surface area contributed by atoms with Gasteiger partial charge in [-0.05, 0) is 36.5 Å². The van der Waals surface area contributed by atoms with Crippen LogP contribution in [0.3, 0.4) is 0 Å². The fourth-order valence-electron chi connectivity index (χ4n) is 3.42. The van der Waals surface area contributed by atoms with E-state index in [0.717, 1.165) is 0 Å². The zero-order valence-corrected chi connectivity index (χ0v) is 22.1. The van der Waals surface area contributed by atoms with E-state index < -0.39 is 47.7 Å². The summed E-state index contributed by atoms with van der Waals surface area (Å²) in [4.78, 5) is 62.9. The largest absolute Gasteiger partial charge is 0.449 e. The molecular weight excluding hydrogens is 454 g/mol. The van der Waals surface area contributed by atoms with Crippen molar-refractivity contribution in [1.82, 2.24) is 26.8 Å². The SMILES string of the molecule is CCC(C)C(NC(=O)OCC(C)(C)C)C(=O)NC(CC(C)C)C(=O)NC1CCCNNC(=O)C1=O. The van der Waals surface area contributed by atoms with Gasteiger partial charge >= 0.3 is 12.0 Å². The maximum absolute atomic E-state index is 13.2. The summed E-state index contributed by atoms with van der Waals surface area (Å²) >= 11 is 0. The zero-order chi connectivity index (χ0) is 26.8. The van der Waals surface area contributed by atoms with Crippen molar-refractivity contribution in [1.29, 1.82) is 0 Å². The average Bonchev–Trinajstić information content (AvgIpc) is 2.76. The van der Waals surface area contributed by atoms with E-state index >= 15 is 0 Å². The Labute approximate surface area is 208 Å².